The van der Waals surface area contributed by atoms with Crippen LogP contribution in [-0.2, 0) is 4.79 Å². The van der Waals surface area contributed by atoms with E-state index in [1.165, 1.54) is 21.2 Å². The maximum absolute atomic E-state index is 13.0. The number of H-pyrrole nitrogens is 1. The van der Waals surface area contributed by atoms with Crippen LogP contribution in [0.2, 0.25) is 0 Å². The Labute approximate surface area is 194 Å². The van der Waals surface area contributed by atoms with Gasteiger partial charge in [-0.25, -0.2) is 0 Å². The van der Waals surface area contributed by atoms with Crippen molar-refractivity contribution in [1.29, 1.82) is 0 Å². The number of nitrogens with zero attached hydrogens (tertiary/aromatic N) is 3. The van der Waals surface area contributed by atoms with Crippen LogP contribution in [0.15, 0.2) is 72.8 Å². The highest BCUT2D eigenvalue weighted by atomic mass is 32.1. The van der Waals surface area contributed by atoms with Gasteiger partial charge in [-0.3, -0.25) is 4.79 Å². The predicted molar refractivity (Wildman–Crippen MR) is 131 cm³/mol. The van der Waals surface area contributed by atoms with E-state index in [4.69, 9.17) is 0 Å². The lowest BCUT2D eigenvalue weighted by molar-refractivity contribution is -0.117. The summed E-state index contributed by atoms with van der Waals surface area (Å²) in [5, 5.41) is 19.0. The molecule has 0 aliphatic heterocycles. The highest BCUT2D eigenvalue weighted by Gasteiger charge is 2.44. The molecule has 1 saturated carbocycles. The molecule has 6 rings (SSSR count). The largest absolute Gasteiger partial charge is 0.326 e. The van der Waals surface area contributed by atoms with Gasteiger partial charge in [-0.2, -0.15) is 5.21 Å². The lowest BCUT2D eigenvalue weighted by Gasteiger charge is -2.10. The van der Waals surface area contributed by atoms with E-state index < -0.39 is 0 Å². The Morgan fingerprint density at radius 1 is 1.03 bits per heavy atom. The van der Waals surface area contributed by atoms with Gasteiger partial charge in [0.2, 0.25) is 11.7 Å². The Kier molecular flexibility index (Phi) is 4.77. The number of carbonyl (C=O) groups excluding carboxylic acids is 1. The van der Waals surface area contributed by atoms with Crippen molar-refractivity contribution in [2.24, 2.45) is 5.92 Å². The van der Waals surface area contributed by atoms with Crippen LogP contribution in [-0.4, -0.2) is 26.5 Å². The molecular formula is C26H21N5OS. The van der Waals surface area contributed by atoms with Gasteiger partial charge in [0.25, 0.3) is 0 Å². The summed E-state index contributed by atoms with van der Waals surface area (Å²) in [7, 11) is 0. The Hall–Kier alpha value is -3.84. The Balaban J connectivity index is 1.29. The maximum atomic E-state index is 13.0. The number of nitrogens with one attached hydrogen (secondary N) is 2. The summed E-state index contributed by atoms with van der Waals surface area (Å²) in [6.45, 7) is 2.08. The number of benzene rings is 3. The number of fused-ring (bicyclic) bond motifs is 1. The molecule has 162 valence electrons. The molecule has 33 heavy (non-hydrogen) atoms. The smallest absolute Gasteiger partial charge is 0.228 e. The zero-order valence-electron chi connectivity index (χ0n) is 17.9. The van der Waals surface area contributed by atoms with Crippen molar-refractivity contribution in [1.82, 2.24) is 20.6 Å². The third kappa shape index (κ3) is 3.81. The number of aromatic nitrogens is 4. The van der Waals surface area contributed by atoms with E-state index >= 15 is 0 Å². The molecule has 1 fully saturated rings. The molecule has 5 aromatic rings. The first-order valence-corrected chi connectivity index (χ1v) is 11.7. The number of aryl methyl sites for hydroxylation is 1. The molecule has 2 aromatic heterocycles. The fraction of sp³-hybridized carbons (Fsp3) is 0.154. The van der Waals surface area contributed by atoms with E-state index in [0.29, 0.717) is 11.7 Å². The van der Waals surface area contributed by atoms with Crippen molar-refractivity contribution >= 4 is 33.0 Å². The van der Waals surface area contributed by atoms with E-state index in [1.54, 1.807) is 11.3 Å². The zero-order valence-corrected chi connectivity index (χ0v) is 18.8. The van der Waals surface area contributed by atoms with E-state index in [1.807, 2.05) is 30.3 Å². The number of hydrogen-bond acceptors (Lipinski definition) is 5. The maximum Gasteiger partial charge on any atom is 0.228 e. The molecule has 6 nitrogen and oxygen atoms in total. The van der Waals surface area contributed by atoms with Crippen molar-refractivity contribution in [3.63, 3.8) is 0 Å². The number of rotatable bonds is 5. The highest BCUT2D eigenvalue weighted by Crippen LogP contribution is 2.48. The van der Waals surface area contributed by atoms with Crippen LogP contribution in [0.1, 0.15) is 23.5 Å². The molecule has 0 saturated heterocycles. The van der Waals surface area contributed by atoms with Crippen LogP contribution >= 0.6 is 11.3 Å². The molecule has 3 aromatic carbocycles. The second-order valence-corrected chi connectivity index (χ2v) is 9.58. The van der Waals surface area contributed by atoms with Gasteiger partial charge in [0.05, 0.1) is 0 Å². The number of hydrogen-bond donors (Lipinski definition) is 2. The van der Waals surface area contributed by atoms with Gasteiger partial charge >= 0.3 is 0 Å². The predicted octanol–water partition coefficient (Wildman–Crippen LogP) is 5.80. The lowest BCUT2D eigenvalue weighted by atomic mass is 10.0. The number of aromatic amines is 1. The number of thiophene rings is 1. The van der Waals surface area contributed by atoms with Crippen LogP contribution in [0, 0.1) is 12.8 Å². The summed E-state index contributed by atoms with van der Waals surface area (Å²) in [5.74, 6) is 0.847. The van der Waals surface area contributed by atoms with Crippen LogP contribution in [0.4, 0.5) is 5.69 Å². The first-order valence-electron chi connectivity index (χ1n) is 10.9. The average Bonchev–Trinajstić information content (AvgIpc) is 3.23. The van der Waals surface area contributed by atoms with Gasteiger partial charge in [-0.15, -0.1) is 21.5 Å². The molecule has 2 heterocycles. The highest BCUT2D eigenvalue weighted by molar-refractivity contribution is 7.22. The molecule has 0 unspecified atom stereocenters. The number of amides is 1. The fourth-order valence-corrected chi connectivity index (χ4v) is 5.50. The normalized spacial score (nSPS) is 17.2. The van der Waals surface area contributed by atoms with Crippen LogP contribution in [0.25, 0.3) is 31.9 Å². The molecule has 1 amide bonds. The van der Waals surface area contributed by atoms with Crippen LogP contribution < -0.4 is 5.32 Å². The summed E-state index contributed by atoms with van der Waals surface area (Å²) in [6.07, 6.45) is 0.882. The summed E-state index contributed by atoms with van der Waals surface area (Å²) in [5.41, 5.74) is 5.04. The van der Waals surface area contributed by atoms with E-state index in [0.717, 1.165) is 28.1 Å². The number of carbonyl (C=O) groups is 1. The van der Waals surface area contributed by atoms with Crippen molar-refractivity contribution in [2.75, 3.05) is 5.32 Å². The zero-order chi connectivity index (χ0) is 22.4. The topological polar surface area (TPSA) is 83.6 Å². The Morgan fingerprint density at radius 3 is 2.76 bits per heavy atom. The van der Waals surface area contributed by atoms with E-state index in [9.17, 15) is 4.79 Å². The third-order valence-electron chi connectivity index (χ3n) is 6.16. The molecule has 1 aliphatic carbocycles. The monoisotopic (exact) mass is 451 g/mol. The number of anilines is 1. The minimum absolute atomic E-state index is 0.00250. The minimum atomic E-state index is 0.00250. The van der Waals surface area contributed by atoms with Gasteiger partial charge in [-0.1, -0.05) is 54.1 Å². The standard InChI is InChI=1S/C26H21N5OS/c1-15-5-4-7-16(11-15)20-14-22(20)26(32)27-18-9-10-19(21(13-18)25-28-30-31-29-25)24-12-17-6-2-3-8-23(17)33-24/h2-13,20,22H,14H2,1H3,(H,27,32)(H,28,29,30,31)/t20-,22+/m0/s1. The molecule has 2 N–H and O–H groups in total. The van der Waals surface area contributed by atoms with Crippen molar-refractivity contribution in [2.45, 2.75) is 19.3 Å². The molecule has 0 radical (unpaired) electrons. The van der Waals surface area contributed by atoms with Gasteiger partial charge in [0, 0.05) is 32.3 Å². The molecule has 0 spiro atoms. The van der Waals surface area contributed by atoms with Crippen LogP contribution in [0.5, 0.6) is 0 Å². The SMILES string of the molecule is Cc1cccc([C@@H]2C[C@H]2C(=O)Nc2ccc(-c3cc4ccccc4s3)c(-c3nn[nH]n3)c2)c1. The summed E-state index contributed by atoms with van der Waals surface area (Å²) < 4.78 is 1.22. The Bertz CT molecular complexity index is 1440. The Morgan fingerprint density at radius 2 is 1.94 bits per heavy atom. The minimum Gasteiger partial charge on any atom is -0.326 e. The van der Waals surface area contributed by atoms with Gasteiger partial charge < -0.3 is 5.32 Å². The summed E-state index contributed by atoms with van der Waals surface area (Å²) >= 11 is 1.72. The second-order valence-electron chi connectivity index (χ2n) is 8.50. The molecular weight excluding hydrogens is 430 g/mol. The molecule has 1 aliphatic rings. The quantitative estimate of drug-likeness (QED) is 0.354. The van der Waals surface area contributed by atoms with Gasteiger partial charge in [0.1, 0.15) is 0 Å². The van der Waals surface area contributed by atoms with Crippen molar-refractivity contribution < 1.29 is 4.79 Å². The average molecular weight is 452 g/mol. The second kappa shape index (κ2) is 7.94. The summed E-state index contributed by atoms with van der Waals surface area (Å²) in [6, 6.07) is 24.8. The summed E-state index contributed by atoms with van der Waals surface area (Å²) in [4.78, 5) is 14.1. The van der Waals surface area contributed by atoms with Crippen molar-refractivity contribution in [3.05, 3.63) is 83.9 Å². The molecule has 7 heteroatoms. The van der Waals surface area contributed by atoms with Gasteiger partial charge in [-0.05, 0) is 59.7 Å². The third-order valence-corrected chi connectivity index (χ3v) is 7.31. The van der Waals surface area contributed by atoms with Crippen LogP contribution in [0.3, 0.4) is 0 Å². The fourth-order valence-electron chi connectivity index (χ4n) is 4.40. The number of tetrazole rings is 1. The molecule has 2 atom stereocenters. The first-order chi connectivity index (χ1) is 16.2. The van der Waals surface area contributed by atoms with Crippen molar-refractivity contribution in [3.8, 4) is 21.8 Å². The lowest BCUT2D eigenvalue weighted by Crippen LogP contribution is -2.14. The van der Waals surface area contributed by atoms with E-state index in [-0.39, 0.29) is 11.8 Å². The first kappa shape index (κ1) is 19.8. The van der Waals surface area contributed by atoms with Gasteiger partial charge in [0.15, 0.2) is 0 Å². The molecule has 0 bridgehead atoms. The van der Waals surface area contributed by atoms with E-state index in [2.05, 4.69) is 75.3 Å².